The van der Waals surface area contributed by atoms with Gasteiger partial charge in [0.05, 0.1) is 5.95 Å². The Morgan fingerprint density at radius 2 is 1.67 bits per heavy atom. The van der Waals surface area contributed by atoms with E-state index in [4.69, 9.17) is 4.74 Å². The molecule has 0 rings (SSSR count). The summed E-state index contributed by atoms with van der Waals surface area (Å²) in [4.78, 5) is 0. The van der Waals surface area contributed by atoms with Gasteiger partial charge in [-0.25, -0.2) is 0 Å². The van der Waals surface area contributed by atoms with Crippen LogP contribution in [0.4, 0.5) is 0 Å². The summed E-state index contributed by atoms with van der Waals surface area (Å²) >= 11 is 0. The van der Waals surface area contributed by atoms with Gasteiger partial charge in [0.2, 0.25) is 0 Å². The Hall–Kier alpha value is -0.0626. The zero-order valence-electron chi connectivity index (χ0n) is 8.81. The third-order valence-electron chi connectivity index (χ3n) is 1.59. The first-order valence-corrected chi connectivity index (χ1v) is 4.12. The minimum atomic E-state index is -0.168. The normalized spacial score (nSPS) is 9.08. The second kappa shape index (κ2) is 7.58. The minimum absolute atomic E-state index is 0. The van der Waals surface area contributed by atoms with Crippen LogP contribution in [0.5, 0.6) is 0 Å². The molecule has 0 saturated carbocycles. The van der Waals surface area contributed by atoms with Crippen molar-refractivity contribution in [2.24, 2.45) is 0 Å². The van der Waals surface area contributed by atoms with Crippen molar-refractivity contribution in [2.45, 2.75) is 46.6 Å². The molecule has 0 heterocycles. The summed E-state index contributed by atoms with van der Waals surface area (Å²) in [5.74, 6) is -0.168. The van der Waals surface area contributed by atoms with Crippen LogP contribution in [0.2, 0.25) is 0 Å². The van der Waals surface area contributed by atoms with Crippen molar-refractivity contribution in [1.82, 2.24) is 0 Å². The van der Waals surface area contributed by atoms with E-state index in [1.165, 1.54) is 0 Å². The number of ether oxygens (including phenoxy) is 1. The first kappa shape index (κ1) is 14.5. The van der Waals surface area contributed by atoms with Crippen LogP contribution < -0.4 is 24.0 Å². The summed E-state index contributed by atoms with van der Waals surface area (Å²) in [5.41, 5.74) is 0.719. The van der Waals surface area contributed by atoms with Gasteiger partial charge in [-0.2, -0.15) is 0 Å². The Bertz CT molecular complexity index is 135. The molecule has 0 aromatic heterocycles. The molecule has 3 heteroatoms. The molecule has 0 aromatic rings. The van der Waals surface area contributed by atoms with Crippen LogP contribution in [0, 0.1) is 0 Å². The number of hydrogen-bond acceptors (Lipinski definition) is 2. The minimum Gasteiger partial charge on any atom is -0.610 e. The molecule has 0 atom stereocenters. The van der Waals surface area contributed by atoms with Crippen LogP contribution in [0.25, 0.3) is 0 Å². The van der Waals surface area contributed by atoms with Crippen molar-refractivity contribution in [3.8, 4) is 0 Å². The van der Waals surface area contributed by atoms with Crippen molar-refractivity contribution in [2.75, 3.05) is 0 Å². The average Bonchev–Trinajstić information content (AvgIpc) is 1.99. The van der Waals surface area contributed by atoms with Gasteiger partial charge in [0.1, 0.15) is 0 Å². The summed E-state index contributed by atoms with van der Waals surface area (Å²) in [6.45, 7) is 7.58. The van der Waals surface area contributed by atoms with E-state index in [0.29, 0.717) is 0 Å². The molecule has 0 aromatic carbocycles. The molecular formula is C9H17LiO2. The molecule has 12 heavy (non-hydrogen) atoms. The van der Waals surface area contributed by atoms with Crippen molar-refractivity contribution in [3.05, 3.63) is 11.5 Å². The molecular weight excluding hydrogens is 147 g/mol. The third kappa shape index (κ3) is 5.57. The maximum atomic E-state index is 11.0. The zero-order chi connectivity index (χ0) is 8.85. The first-order chi connectivity index (χ1) is 5.11. The molecule has 0 unspecified atom stereocenters. The van der Waals surface area contributed by atoms with E-state index in [1.54, 1.807) is 13.8 Å². The molecule has 0 saturated heterocycles. The van der Waals surface area contributed by atoms with Crippen molar-refractivity contribution < 1.29 is 28.7 Å². The topological polar surface area (TPSA) is 32.3 Å². The SMILES string of the molecule is CCC(CC)OC([O-])=C(C)C.[Li+]. The van der Waals surface area contributed by atoms with E-state index in [1.807, 2.05) is 13.8 Å². The van der Waals surface area contributed by atoms with E-state index < -0.39 is 0 Å². The fourth-order valence-electron chi connectivity index (χ4n) is 0.725. The fourth-order valence-corrected chi connectivity index (χ4v) is 0.725. The van der Waals surface area contributed by atoms with Gasteiger partial charge in [-0.05, 0) is 26.7 Å². The van der Waals surface area contributed by atoms with Crippen molar-refractivity contribution in [1.29, 1.82) is 0 Å². The summed E-state index contributed by atoms with van der Waals surface area (Å²) < 4.78 is 5.13. The van der Waals surface area contributed by atoms with Gasteiger partial charge in [0.15, 0.2) is 0 Å². The van der Waals surface area contributed by atoms with Gasteiger partial charge in [0, 0.05) is 6.10 Å². The summed E-state index contributed by atoms with van der Waals surface area (Å²) in [7, 11) is 0. The second-order valence-electron chi connectivity index (χ2n) is 2.84. The fraction of sp³-hybridized carbons (Fsp3) is 0.778. The van der Waals surface area contributed by atoms with E-state index in [9.17, 15) is 5.11 Å². The Morgan fingerprint density at radius 3 is 1.92 bits per heavy atom. The molecule has 0 bridgehead atoms. The number of hydrogen-bond donors (Lipinski definition) is 0. The Kier molecular flexibility index (Phi) is 9.13. The van der Waals surface area contributed by atoms with Gasteiger partial charge in [-0.3, -0.25) is 0 Å². The second-order valence-corrected chi connectivity index (χ2v) is 2.84. The van der Waals surface area contributed by atoms with E-state index in [0.717, 1.165) is 18.4 Å². The van der Waals surface area contributed by atoms with Gasteiger partial charge in [0.25, 0.3) is 0 Å². The maximum Gasteiger partial charge on any atom is 1.00 e. The zero-order valence-corrected chi connectivity index (χ0v) is 8.81. The van der Waals surface area contributed by atoms with E-state index in [2.05, 4.69) is 0 Å². The summed E-state index contributed by atoms with van der Waals surface area (Å²) in [5, 5.41) is 11.0. The van der Waals surface area contributed by atoms with Crippen LogP contribution in [-0.4, -0.2) is 6.10 Å². The van der Waals surface area contributed by atoms with Crippen LogP contribution in [0.15, 0.2) is 11.5 Å². The molecule has 0 aliphatic carbocycles. The van der Waals surface area contributed by atoms with Gasteiger partial charge >= 0.3 is 18.9 Å². The quantitative estimate of drug-likeness (QED) is 0.386. The van der Waals surface area contributed by atoms with Crippen LogP contribution >= 0.6 is 0 Å². The molecule has 0 N–H and O–H groups in total. The van der Waals surface area contributed by atoms with Crippen LogP contribution in [-0.2, 0) is 4.74 Å². The molecule has 66 valence electrons. The first-order valence-electron chi connectivity index (χ1n) is 4.12. The average molecular weight is 164 g/mol. The smallest absolute Gasteiger partial charge is 0.610 e. The van der Waals surface area contributed by atoms with E-state index >= 15 is 0 Å². The number of allylic oxidation sites excluding steroid dienone is 1. The summed E-state index contributed by atoms with van der Waals surface area (Å²) in [6, 6.07) is 0. The molecule has 0 spiro atoms. The maximum absolute atomic E-state index is 11.0. The Morgan fingerprint density at radius 1 is 1.25 bits per heavy atom. The van der Waals surface area contributed by atoms with Gasteiger partial charge < -0.3 is 9.84 Å². The van der Waals surface area contributed by atoms with Crippen LogP contribution in [0.1, 0.15) is 40.5 Å². The molecule has 0 fully saturated rings. The molecule has 0 amide bonds. The van der Waals surface area contributed by atoms with E-state index in [-0.39, 0.29) is 30.9 Å². The Labute approximate surface area is 87.2 Å². The molecule has 2 nitrogen and oxygen atoms in total. The summed E-state index contributed by atoms with van der Waals surface area (Å²) in [6.07, 6.45) is 1.89. The number of rotatable bonds is 4. The van der Waals surface area contributed by atoms with Crippen molar-refractivity contribution >= 4 is 0 Å². The van der Waals surface area contributed by atoms with Gasteiger partial charge in [-0.15, -0.1) is 0 Å². The van der Waals surface area contributed by atoms with Gasteiger partial charge in [-0.1, -0.05) is 19.4 Å². The predicted molar refractivity (Wildman–Crippen MR) is 43.8 cm³/mol. The third-order valence-corrected chi connectivity index (χ3v) is 1.59. The molecule has 0 radical (unpaired) electrons. The molecule has 0 aliphatic rings. The predicted octanol–water partition coefficient (Wildman–Crippen LogP) is -1.19. The molecule has 0 aliphatic heterocycles. The largest absolute Gasteiger partial charge is 1.00 e. The van der Waals surface area contributed by atoms with Crippen LogP contribution in [0.3, 0.4) is 0 Å². The Balaban J connectivity index is 0. The standard InChI is InChI=1S/C9H18O2.Li/c1-5-8(6-2)11-9(10)7(3)4;/h8,10H,5-6H2,1-4H3;/q;+1/p-1. The van der Waals surface area contributed by atoms with Crippen molar-refractivity contribution in [3.63, 3.8) is 0 Å². The monoisotopic (exact) mass is 164 g/mol.